The van der Waals surface area contributed by atoms with Gasteiger partial charge in [-0.05, 0) is 167 Å². The quantitative estimate of drug-likeness (QED) is 0.0449. The van der Waals surface area contributed by atoms with E-state index in [1.165, 1.54) is 0 Å². The van der Waals surface area contributed by atoms with Gasteiger partial charge in [0, 0.05) is 29.6 Å². The summed E-state index contributed by atoms with van der Waals surface area (Å²) >= 11 is 13.1. The maximum atomic E-state index is 11.4. The number of ether oxygens (including phenoxy) is 4. The van der Waals surface area contributed by atoms with Crippen molar-refractivity contribution in [3.05, 3.63) is 92.8 Å². The summed E-state index contributed by atoms with van der Waals surface area (Å²) in [4.78, 5) is 73.0. The standard InChI is InChI=1S/C17H21N3O2S2.C16H19N3O2S2.C15H17N3O2S2.C14H17N3OS2/c1-11(21)14-10-23-16(19-14)17-18-13-6-5-12(9-15(13)24-17)22-8-4-7-20(2)3;1-10(20)13-9-22-15(19-13)16-18-12-5-4-11(8-14(12)23-16)21-7-3-6-17-2;1-9(19)12-8-21-14(18-12)15-17-11-4-3-10(7-13(11)22-15)20-6-2-5-16;1-9-8-19-13(16-9)14-17-11-4-3-10(7-12(11)20-14)18-6-2-5-15/h5-6,9,14H,4,7-8,10H2,1-3H3;4-5,8,13,17H,3,6-7,9H2,1-2H3;3-4,7,12H,2,5-6,8,16H2,1H3;3-4,7,9H,2,5-6,8,15H2,1H3/t;;;9-/m...0/s1. The van der Waals surface area contributed by atoms with Crippen LogP contribution in [0.4, 0.5) is 0 Å². The molecule has 8 heterocycles. The summed E-state index contributed by atoms with van der Waals surface area (Å²) in [6.45, 7) is 12.8. The van der Waals surface area contributed by atoms with E-state index < -0.39 is 0 Å². The second-order valence-corrected chi connectivity index (χ2v) is 29.3. The Morgan fingerprint density at radius 3 is 1.08 bits per heavy atom. The number of fused-ring (bicyclic) bond motifs is 4. The lowest BCUT2D eigenvalue weighted by Gasteiger charge is -2.10. The number of nitrogens with two attached hydrogens (primary N) is 2. The number of rotatable bonds is 25. The average molecular weight is 1360 g/mol. The Morgan fingerprint density at radius 1 is 0.483 bits per heavy atom. The molecule has 4 aliphatic rings. The SMILES string of the molecule is CC(=O)C1CSC(c2nc3ccc(OCCCN(C)C)cc3s2)=N1.CC(=O)C1CSC(c2nc3ccc(OCCCN)cc3s2)=N1.CNCCCOc1ccc2nc(C3=NC(C(C)=O)CS3)sc2c1.C[C@H]1CSC(c2nc3ccc(OCCCN)cc3s2)=N1. The molecule has 3 unspecified atom stereocenters. The zero-order chi connectivity index (χ0) is 62.8. The van der Waals surface area contributed by atoms with E-state index in [9.17, 15) is 14.4 Å². The van der Waals surface area contributed by atoms with Crippen molar-refractivity contribution in [1.29, 1.82) is 0 Å². The molecule has 472 valence electrons. The zero-order valence-corrected chi connectivity index (χ0v) is 57.4. The van der Waals surface area contributed by atoms with E-state index in [0.29, 0.717) is 51.3 Å². The van der Waals surface area contributed by atoms with Gasteiger partial charge in [-0.25, -0.2) is 19.9 Å². The number of thiazole rings is 4. The number of carbonyl (C=O) groups excluding carboxylic acids is 3. The largest absolute Gasteiger partial charge is 0.493 e. The number of aromatic nitrogens is 4. The molecule has 8 aromatic rings. The second kappa shape index (κ2) is 33.8. The molecule has 27 heteroatoms. The summed E-state index contributed by atoms with van der Waals surface area (Å²) in [6, 6.07) is 23.6. The van der Waals surface area contributed by atoms with Crippen LogP contribution in [0.5, 0.6) is 23.0 Å². The van der Waals surface area contributed by atoms with Crippen molar-refractivity contribution >= 4 is 171 Å². The lowest BCUT2D eigenvalue weighted by atomic mass is 10.2. The number of hydrogen-bond donors (Lipinski definition) is 3. The molecule has 4 aromatic heterocycles. The Hall–Kier alpha value is -5.43. The third kappa shape index (κ3) is 19.6. The molecule has 89 heavy (non-hydrogen) atoms. The summed E-state index contributed by atoms with van der Waals surface area (Å²) in [5.74, 6) is 7.02. The Morgan fingerprint density at radius 2 is 0.798 bits per heavy atom. The third-order valence-corrected chi connectivity index (χ3v) is 22.4. The van der Waals surface area contributed by atoms with E-state index in [2.05, 4.69) is 77.2 Å². The molecular weight excluding hydrogens is 1280 g/mol. The van der Waals surface area contributed by atoms with Gasteiger partial charge in [0.1, 0.15) is 81.3 Å². The minimum absolute atomic E-state index is 0.110. The number of nitrogens with one attached hydrogen (secondary N) is 1. The molecule has 5 N–H and O–H groups in total. The van der Waals surface area contributed by atoms with Crippen LogP contribution in [0.15, 0.2) is 92.8 Å². The van der Waals surface area contributed by atoms with Gasteiger partial charge in [0.2, 0.25) is 0 Å². The number of Topliss-reactive ketones (excluding diaryl/α,β-unsaturated/α-hetero) is 3. The van der Waals surface area contributed by atoms with Gasteiger partial charge in [-0.3, -0.25) is 34.4 Å². The molecular formula is C62H74N12O7S8. The summed E-state index contributed by atoms with van der Waals surface area (Å²) in [5.41, 5.74) is 14.8. The minimum Gasteiger partial charge on any atom is -0.493 e. The fraction of sp³-hybridized carbons (Fsp3) is 0.435. The predicted octanol–water partition coefficient (Wildman–Crippen LogP) is 11.2. The van der Waals surface area contributed by atoms with Gasteiger partial charge in [0.15, 0.2) is 17.3 Å². The predicted molar refractivity (Wildman–Crippen MR) is 378 cm³/mol. The number of thioether (sulfide) groups is 4. The Labute approximate surface area is 551 Å². The number of ketones is 3. The van der Waals surface area contributed by atoms with Crippen molar-refractivity contribution in [2.45, 2.75) is 77.5 Å². The molecule has 4 aromatic carbocycles. The monoisotopic (exact) mass is 1350 g/mol. The molecule has 4 atom stereocenters. The smallest absolute Gasteiger partial charge is 0.155 e. The number of nitrogens with zero attached hydrogens (tertiary/aromatic N) is 9. The molecule has 0 saturated carbocycles. The van der Waals surface area contributed by atoms with Gasteiger partial charge in [0.25, 0.3) is 0 Å². The van der Waals surface area contributed by atoms with E-state index in [4.69, 9.17) is 30.4 Å². The number of benzene rings is 4. The topological polar surface area (TPSA) is 256 Å². The molecule has 0 aliphatic carbocycles. The first-order valence-electron chi connectivity index (χ1n) is 29.3. The van der Waals surface area contributed by atoms with Gasteiger partial charge in [0.05, 0.1) is 73.3 Å². The van der Waals surface area contributed by atoms with Crippen LogP contribution in [-0.2, 0) is 14.4 Å². The summed E-state index contributed by atoms with van der Waals surface area (Å²) in [5, 5.41) is 10.5. The average Bonchev–Trinajstić information content (AvgIpc) is 2.20. The van der Waals surface area contributed by atoms with E-state index >= 15 is 0 Å². The molecule has 0 saturated heterocycles. The number of aliphatic imine (C=N–C) groups is 4. The van der Waals surface area contributed by atoms with Crippen molar-refractivity contribution in [3.63, 3.8) is 0 Å². The first-order chi connectivity index (χ1) is 43.1. The van der Waals surface area contributed by atoms with Crippen molar-refractivity contribution in [1.82, 2.24) is 30.2 Å². The van der Waals surface area contributed by atoms with E-state index in [0.717, 1.165) is 160 Å². The van der Waals surface area contributed by atoms with Gasteiger partial charge in [-0.15, -0.1) is 92.4 Å². The lowest BCUT2D eigenvalue weighted by molar-refractivity contribution is -0.118. The fourth-order valence-electron chi connectivity index (χ4n) is 8.59. The van der Waals surface area contributed by atoms with Crippen LogP contribution in [0.25, 0.3) is 40.9 Å². The van der Waals surface area contributed by atoms with Gasteiger partial charge >= 0.3 is 0 Å². The van der Waals surface area contributed by atoms with E-state index in [1.807, 2.05) is 73.8 Å². The Balaban J connectivity index is 0.000000141. The highest BCUT2D eigenvalue weighted by Gasteiger charge is 2.28. The number of hydrogen-bond acceptors (Lipinski definition) is 27. The molecule has 12 rings (SSSR count). The molecule has 0 radical (unpaired) electrons. The first-order valence-corrected chi connectivity index (χ1v) is 36.5. The molecule has 0 spiro atoms. The van der Waals surface area contributed by atoms with Crippen LogP contribution in [0, 0.1) is 0 Å². The van der Waals surface area contributed by atoms with E-state index in [1.54, 1.807) is 113 Å². The van der Waals surface area contributed by atoms with Gasteiger partial charge < -0.3 is 40.6 Å². The maximum absolute atomic E-state index is 11.4. The molecule has 0 amide bonds. The summed E-state index contributed by atoms with van der Waals surface area (Å²) in [7, 11) is 6.06. The summed E-state index contributed by atoms with van der Waals surface area (Å²) < 4.78 is 27.3. The molecule has 19 nitrogen and oxygen atoms in total. The van der Waals surface area contributed by atoms with Crippen LogP contribution in [0.2, 0.25) is 0 Å². The third-order valence-electron chi connectivity index (χ3n) is 13.4. The zero-order valence-electron chi connectivity index (χ0n) is 50.9. The molecule has 0 bridgehead atoms. The highest BCUT2D eigenvalue weighted by molar-refractivity contribution is 8.15. The van der Waals surface area contributed by atoms with Crippen molar-refractivity contribution in [2.75, 3.05) is 96.8 Å². The second-order valence-electron chi connectivity index (χ2n) is 21.1. The summed E-state index contributed by atoms with van der Waals surface area (Å²) in [6.07, 6.45) is 3.68. The van der Waals surface area contributed by atoms with Crippen molar-refractivity contribution in [3.8, 4) is 23.0 Å². The van der Waals surface area contributed by atoms with Crippen LogP contribution in [0.1, 0.15) is 73.4 Å². The van der Waals surface area contributed by atoms with Crippen molar-refractivity contribution < 1.29 is 33.3 Å². The van der Waals surface area contributed by atoms with Gasteiger partial charge in [-0.2, -0.15) is 0 Å². The van der Waals surface area contributed by atoms with Crippen LogP contribution >= 0.6 is 92.4 Å². The lowest BCUT2D eigenvalue weighted by Crippen LogP contribution is -2.15. The van der Waals surface area contributed by atoms with E-state index in [-0.39, 0.29) is 35.5 Å². The highest BCUT2D eigenvalue weighted by atomic mass is 32.2. The first kappa shape index (κ1) is 67.9. The van der Waals surface area contributed by atoms with Crippen LogP contribution in [-0.4, -0.2) is 183 Å². The highest BCUT2D eigenvalue weighted by Crippen LogP contribution is 2.36. The van der Waals surface area contributed by atoms with Crippen LogP contribution < -0.4 is 35.7 Å². The molecule has 4 aliphatic heterocycles. The number of carbonyl (C=O) groups is 3. The van der Waals surface area contributed by atoms with Crippen molar-refractivity contribution in [2.24, 2.45) is 31.4 Å². The Bertz CT molecular complexity index is 3860. The van der Waals surface area contributed by atoms with Crippen LogP contribution in [0.3, 0.4) is 0 Å². The Kier molecular flexibility index (Phi) is 25.8. The van der Waals surface area contributed by atoms with Gasteiger partial charge in [-0.1, -0.05) is 0 Å². The minimum atomic E-state index is -0.220. The fourth-order valence-corrected chi connectivity index (χ4v) is 17.2. The normalized spacial score (nSPS) is 17.8. The molecule has 0 fully saturated rings. The maximum Gasteiger partial charge on any atom is 0.155 e.